The maximum Gasteiger partial charge on any atom is 0.410 e. The molecule has 1 aromatic heterocycles. The molecule has 2 N–H and O–H groups in total. The molecule has 1 amide bonds. The second-order valence-corrected chi connectivity index (χ2v) is 16.9. The first-order valence-corrected chi connectivity index (χ1v) is 17.1. The van der Waals surface area contributed by atoms with Gasteiger partial charge in [-0.3, -0.25) is 0 Å². The lowest BCUT2D eigenvalue weighted by Crippen LogP contribution is -2.66. The largest absolute Gasteiger partial charge is 0.444 e. The molecule has 4 bridgehead atoms. The first kappa shape index (κ1) is 30.1. The van der Waals surface area contributed by atoms with Crippen molar-refractivity contribution in [3.63, 3.8) is 0 Å². The van der Waals surface area contributed by atoms with E-state index in [1.807, 2.05) is 20.8 Å². The molecular weight excluding hydrogens is 516 g/mol. The number of rotatable bonds is 11. The van der Waals surface area contributed by atoms with Crippen molar-refractivity contribution < 1.29 is 9.53 Å². The first-order valence-electron chi connectivity index (χ1n) is 16.3. The van der Waals surface area contributed by atoms with Gasteiger partial charge in [0.05, 0.1) is 5.69 Å². The SMILES string of the molecule is CCCN(CCCCCCN(C(=O)OC(C)(C)C)C12CC3CC(C)(CC(C)(C3)C1)C2)[C@H]1CCc2nc(N)sc2C1. The number of hydrogen-bond acceptors (Lipinski definition) is 6. The van der Waals surface area contributed by atoms with E-state index in [0.717, 1.165) is 49.7 Å². The first-order chi connectivity index (χ1) is 18.8. The number of amides is 1. The van der Waals surface area contributed by atoms with Gasteiger partial charge < -0.3 is 20.3 Å². The minimum atomic E-state index is -0.459. The fourth-order valence-electron chi connectivity index (χ4n) is 9.92. The van der Waals surface area contributed by atoms with Crippen LogP contribution in [-0.4, -0.2) is 57.7 Å². The Morgan fingerprint density at radius 1 is 1.02 bits per heavy atom. The number of ether oxygens (including phenoxy) is 1. The van der Waals surface area contributed by atoms with E-state index in [4.69, 9.17) is 10.5 Å². The monoisotopic (exact) mass is 572 g/mol. The van der Waals surface area contributed by atoms with Crippen LogP contribution in [0.1, 0.15) is 129 Å². The van der Waals surface area contributed by atoms with Crippen LogP contribution in [0.3, 0.4) is 0 Å². The molecular formula is C33H56N4O2S. The number of anilines is 1. The molecule has 4 saturated carbocycles. The maximum absolute atomic E-state index is 13.7. The van der Waals surface area contributed by atoms with E-state index in [0.29, 0.717) is 16.9 Å². The second-order valence-electron chi connectivity index (χ2n) is 15.8. The Morgan fingerprint density at radius 2 is 1.70 bits per heavy atom. The predicted molar refractivity (Wildman–Crippen MR) is 166 cm³/mol. The average Bonchev–Trinajstić information content (AvgIpc) is 3.18. The molecule has 6 nitrogen and oxygen atoms in total. The Bertz CT molecular complexity index is 1030. The summed E-state index contributed by atoms with van der Waals surface area (Å²) in [6.45, 7) is 16.5. The zero-order chi connectivity index (χ0) is 28.8. The Kier molecular flexibility index (Phi) is 8.58. The number of unbranched alkanes of at least 4 members (excludes halogenated alkanes) is 3. The lowest BCUT2D eigenvalue weighted by Gasteiger charge is -2.67. The molecule has 3 atom stereocenters. The topological polar surface area (TPSA) is 71.7 Å². The molecule has 5 aliphatic carbocycles. The molecule has 0 radical (unpaired) electrons. The van der Waals surface area contributed by atoms with Crippen LogP contribution in [0.5, 0.6) is 0 Å². The number of aryl methyl sites for hydroxylation is 1. The van der Waals surface area contributed by atoms with Gasteiger partial charge in [0, 0.05) is 23.0 Å². The number of nitrogens with zero attached hydrogens (tertiary/aromatic N) is 3. The van der Waals surface area contributed by atoms with E-state index in [9.17, 15) is 4.79 Å². The zero-order valence-electron chi connectivity index (χ0n) is 26.3. The number of carbonyl (C=O) groups excluding carboxylic acids is 1. The van der Waals surface area contributed by atoms with Gasteiger partial charge in [0.2, 0.25) is 0 Å². The van der Waals surface area contributed by atoms with Crippen molar-refractivity contribution in [1.82, 2.24) is 14.8 Å². The lowest BCUT2D eigenvalue weighted by molar-refractivity contribution is -0.157. The maximum atomic E-state index is 13.7. The van der Waals surface area contributed by atoms with Gasteiger partial charge in [0.15, 0.2) is 5.13 Å². The summed E-state index contributed by atoms with van der Waals surface area (Å²) in [5.74, 6) is 0.762. The fraction of sp³-hybridized carbons (Fsp3) is 0.879. The third-order valence-corrected chi connectivity index (χ3v) is 11.3. The minimum absolute atomic E-state index is 0.0109. The summed E-state index contributed by atoms with van der Waals surface area (Å²) >= 11 is 1.69. The van der Waals surface area contributed by atoms with E-state index in [1.165, 1.54) is 81.4 Å². The van der Waals surface area contributed by atoms with Crippen LogP contribution in [0.15, 0.2) is 0 Å². The van der Waals surface area contributed by atoms with Gasteiger partial charge in [0.25, 0.3) is 0 Å². The summed E-state index contributed by atoms with van der Waals surface area (Å²) in [5, 5.41) is 0.727. The molecule has 1 heterocycles. The van der Waals surface area contributed by atoms with Crippen molar-refractivity contribution in [3.8, 4) is 0 Å². The van der Waals surface area contributed by atoms with Gasteiger partial charge in [-0.1, -0.05) is 33.6 Å². The quantitative estimate of drug-likeness (QED) is 0.274. The summed E-state index contributed by atoms with van der Waals surface area (Å²) in [6.07, 6.45) is 16.7. The van der Waals surface area contributed by atoms with Crippen molar-refractivity contribution in [1.29, 1.82) is 0 Å². The second kappa shape index (κ2) is 11.4. The number of nitrogens with two attached hydrogens (primary N) is 1. The fourth-order valence-corrected chi connectivity index (χ4v) is 10.9. The Morgan fingerprint density at radius 3 is 2.33 bits per heavy atom. The van der Waals surface area contributed by atoms with Crippen LogP contribution in [0.4, 0.5) is 9.93 Å². The molecule has 2 unspecified atom stereocenters. The average molecular weight is 573 g/mol. The molecule has 0 aromatic carbocycles. The van der Waals surface area contributed by atoms with Gasteiger partial charge in [-0.05, 0) is 128 Å². The molecule has 40 heavy (non-hydrogen) atoms. The number of carbonyl (C=O) groups is 1. The number of thiazole rings is 1. The highest BCUT2D eigenvalue weighted by molar-refractivity contribution is 7.15. The molecule has 5 aliphatic rings. The summed E-state index contributed by atoms with van der Waals surface area (Å²) in [5.41, 5.74) is 7.52. The molecule has 0 spiro atoms. The highest BCUT2D eigenvalue weighted by atomic mass is 32.1. The van der Waals surface area contributed by atoms with Crippen molar-refractivity contribution in [3.05, 3.63) is 10.6 Å². The molecule has 7 heteroatoms. The van der Waals surface area contributed by atoms with E-state index < -0.39 is 5.60 Å². The van der Waals surface area contributed by atoms with E-state index in [-0.39, 0.29) is 11.6 Å². The molecule has 0 saturated heterocycles. The van der Waals surface area contributed by atoms with Crippen molar-refractivity contribution in [2.45, 2.75) is 149 Å². The van der Waals surface area contributed by atoms with Gasteiger partial charge in [-0.25, -0.2) is 9.78 Å². The number of fused-ring (bicyclic) bond motifs is 1. The van der Waals surface area contributed by atoms with Crippen LogP contribution in [0, 0.1) is 16.7 Å². The van der Waals surface area contributed by atoms with Crippen LogP contribution in [0.25, 0.3) is 0 Å². The third kappa shape index (κ3) is 6.66. The number of aromatic nitrogens is 1. The van der Waals surface area contributed by atoms with E-state index >= 15 is 0 Å². The summed E-state index contributed by atoms with van der Waals surface area (Å²) in [4.78, 5) is 24.6. The van der Waals surface area contributed by atoms with Crippen LogP contribution in [0.2, 0.25) is 0 Å². The predicted octanol–water partition coefficient (Wildman–Crippen LogP) is 7.84. The van der Waals surface area contributed by atoms with Crippen molar-refractivity contribution in [2.24, 2.45) is 16.7 Å². The standard InChI is InChI=1S/C33H56N4O2S/c1-7-14-36(25-12-13-26-27(17-25)40-28(34)35-26)15-10-8-9-11-16-37(29(38)39-30(2,3)4)33-20-24-18-31(5,22-33)21-32(6,19-24)23-33/h24-25H,7-23H2,1-6H3,(H2,34,35)/t24?,25-,31?,32?,33?/m0/s1. The molecule has 226 valence electrons. The Labute approximate surface area is 247 Å². The minimum Gasteiger partial charge on any atom is -0.444 e. The number of hydrogen-bond donors (Lipinski definition) is 1. The highest BCUT2D eigenvalue weighted by Gasteiger charge is 2.62. The van der Waals surface area contributed by atoms with Gasteiger partial charge >= 0.3 is 6.09 Å². The van der Waals surface area contributed by atoms with Crippen molar-refractivity contribution in [2.75, 3.05) is 25.4 Å². The van der Waals surface area contributed by atoms with Crippen LogP contribution >= 0.6 is 11.3 Å². The Hall–Kier alpha value is -1.34. The van der Waals surface area contributed by atoms with Gasteiger partial charge in [0.1, 0.15) is 5.60 Å². The van der Waals surface area contributed by atoms with Gasteiger partial charge in [-0.15, -0.1) is 11.3 Å². The molecule has 0 aliphatic heterocycles. The normalized spacial score (nSPS) is 32.9. The van der Waals surface area contributed by atoms with Gasteiger partial charge in [-0.2, -0.15) is 0 Å². The van der Waals surface area contributed by atoms with Crippen molar-refractivity contribution >= 4 is 22.6 Å². The van der Waals surface area contributed by atoms with E-state index in [2.05, 4.69) is 35.6 Å². The third-order valence-electron chi connectivity index (χ3n) is 10.3. The molecule has 1 aromatic rings. The smallest absolute Gasteiger partial charge is 0.410 e. The molecule has 4 fully saturated rings. The number of nitrogen functional groups attached to an aromatic ring is 1. The van der Waals surface area contributed by atoms with Crippen LogP contribution in [-0.2, 0) is 17.6 Å². The summed E-state index contributed by atoms with van der Waals surface area (Å²) < 4.78 is 6.05. The molecule has 6 rings (SSSR count). The summed E-state index contributed by atoms with van der Waals surface area (Å²) in [6, 6.07) is 0.619. The Balaban J connectivity index is 1.16. The summed E-state index contributed by atoms with van der Waals surface area (Å²) in [7, 11) is 0. The van der Waals surface area contributed by atoms with E-state index in [1.54, 1.807) is 11.3 Å². The van der Waals surface area contributed by atoms with Crippen LogP contribution < -0.4 is 5.73 Å². The highest BCUT2D eigenvalue weighted by Crippen LogP contribution is 2.67. The lowest BCUT2D eigenvalue weighted by atomic mass is 9.42. The zero-order valence-corrected chi connectivity index (χ0v) is 27.1.